The molecule has 0 unspecified atom stereocenters. The van der Waals surface area contributed by atoms with E-state index in [2.05, 4.69) is 0 Å². The second kappa shape index (κ2) is 1.94. The van der Waals surface area contributed by atoms with Crippen LogP contribution < -0.4 is 0 Å². The fourth-order valence-corrected chi connectivity index (χ4v) is 1.25. The van der Waals surface area contributed by atoms with E-state index in [0.29, 0.717) is 6.42 Å². The largest absolute Gasteiger partial charge is 0.299 e. The van der Waals surface area contributed by atoms with Gasteiger partial charge in [0.2, 0.25) is 0 Å². The van der Waals surface area contributed by atoms with Crippen LogP contribution in [-0.2, 0) is 11.2 Å². The number of rotatable bonds is 0. The van der Waals surface area contributed by atoms with Gasteiger partial charge in [0.1, 0.15) is 5.78 Å². The van der Waals surface area contributed by atoms with Gasteiger partial charge in [-0.05, 0) is 11.1 Å². The van der Waals surface area contributed by atoms with Crippen LogP contribution in [0.25, 0.3) is 0 Å². The van der Waals surface area contributed by atoms with E-state index in [1.54, 1.807) is 6.42 Å². The molecule has 0 amide bonds. The Hall–Kier alpha value is -1.11. The fourth-order valence-electron chi connectivity index (χ4n) is 1.25. The summed E-state index contributed by atoms with van der Waals surface area (Å²) in [5.74, 6) is 0.223. The van der Waals surface area contributed by atoms with Gasteiger partial charge in [-0.25, -0.2) is 0 Å². The first-order valence-corrected chi connectivity index (χ1v) is 3.32. The normalized spacial score (nSPS) is 15.4. The van der Waals surface area contributed by atoms with Crippen molar-refractivity contribution in [1.82, 2.24) is 0 Å². The van der Waals surface area contributed by atoms with E-state index in [4.69, 9.17) is 0 Å². The number of carbonyl (C=O) groups is 1. The number of Topliss-reactive ketones (excluding diaryl/α,β-unsaturated/α-hetero) is 1. The van der Waals surface area contributed by atoms with Gasteiger partial charge in [0.05, 0.1) is 6.42 Å². The first-order valence-electron chi connectivity index (χ1n) is 3.32. The Morgan fingerprint density at radius 2 is 2.00 bits per heavy atom. The predicted molar refractivity (Wildman–Crippen MR) is 38.6 cm³/mol. The Labute approximate surface area is 59.7 Å². The van der Waals surface area contributed by atoms with Gasteiger partial charge in [-0.1, -0.05) is 24.3 Å². The van der Waals surface area contributed by atoms with Crippen LogP contribution in [0.2, 0.25) is 0 Å². The van der Waals surface area contributed by atoms with E-state index in [1.165, 1.54) is 0 Å². The minimum atomic E-state index is 0.223. The molecule has 0 aromatic heterocycles. The summed E-state index contributed by atoms with van der Waals surface area (Å²) in [4.78, 5) is 10.8. The third-order valence-corrected chi connectivity index (χ3v) is 1.74. The van der Waals surface area contributed by atoms with Gasteiger partial charge < -0.3 is 0 Å². The van der Waals surface area contributed by atoms with Gasteiger partial charge in [-0.2, -0.15) is 0 Å². The summed E-state index contributed by atoms with van der Waals surface area (Å²) in [5, 5.41) is 0. The van der Waals surface area contributed by atoms with Gasteiger partial charge in [0, 0.05) is 6.42 Å². The molecule has 1 aromatic carbocycles. The average molecular weight is 131 g/mol. The second-order valence-electron chi connectivity index (χ2n) is 2.49. The molecular weight excluding hydrogens is 124 g/mol. The number of ketones is 1. The van der Waals surface area contributed by atoms with Crippen molar-refractivity contribution in [2.75, 3.05) is 0 Å². The van der Waals surface area contributed by atoms with Gasteiger partial charge in [0.15, 0.2) is 0 Å². The number of hydrogen-bond acceptors (Lipinski definition) is 1. The molecule has 10 heavy (non-hydrogen) atoms. The van der Waals surface area contributed by atoms with Crippen molar-refractivity contribution in [3.63, 3.8) is 0 Å². The lowest BCUT2D eigenvalue weighted by atomic mass is 10.1. The van der Waals surface area contributed by atoms with Crippen molar-refractivity contribution >= 4 is 5.78 Å². The fraction of sp³-hybridized carbons (Fsp3) is 0.111. The first-order chi connectivity index (χ1) is 4.86. The summed E-state index contributed by atoms with van der Waals surface area (Å²) in [5.41, 5.74) is 2.25. The molecule has 0 saturated carbocycles. The number of hydrogen-bond donors (Lipinski definition) is 0. The molecule has 1 nitrogen and oxygen atoms in total. The van der Waals surface area contributed by atoms with E-state index >= 15 is 0 Å². The van der Waals surface area contributed by atoms with Crippen LogP contribution >= 0.6 is 0 Å². The smallest absolute Gasteiger partial charge is 0.145 e. The molecule has 1 aromatic rings. The third kappa shape index (κ3) is 0.747. The summed E-state index contributed by atoms with van der Waals surface area (Å²) >= 11 is 0. The molecule has 0 fully saturated rings. The highest BCUT2D eigenvalue weighted by Crippen LogP contribution is 2.19. The quantitative estimate of drug-likeness (QED) is 0.519. The monoisotopic (exact) mass is 131 g/mol. The Balaban J connectivity index is 2.51. The maximum absolute atomic E-state index is 10.8. The van der Waals surface area contributed by atoms with E-state index in [-0.39, 0.29) is 5.78 Å². The zero-order valence-electron chi connectivity index (χ0n) is 5.50. The lowest BCUT2D eigenvalue weighted by Gasteiger charge is -1.91. The van der Waals surface area contributed by atoms with Crippen molar-refractivity contribution in [1.29, 1.82) is 0 Å². The van der Waals surface area contributed by atoms with E-state index < -0.39 is 0 Å². The van der Waals surface area contributed by atoms with Crippen molar-refractivity contribution < 1.29 is 4.79 Å². The van der Waals surface area contributed by atoms with Crippen molar-refractivity contribution in [3.8, 4) is 0 Å². The molecule has 1 aliphatic rings. The molecule has 1 radical (unpaired) electrons. The molecule has 0 atom stereocenters. The summed E-state index contributed by atoms with van der Waals surface area (Å²) in [6, 6.07) is 7.89. The zero-order chi connectivity index (χ0) is 6.97. The SMILES string of the molecule is O=C1[CH]c2ccccc2C1. The maximum atomic E-state index is 10.8. The highest BCUT2D eigenvalue weighted by atomic mass is 16.1. The van der Waals surface area contributed by atoms with Gasteiger partial charge in [0.25, 0.3) is 0 Å². The van der Waals surface area contributed by atoms with E-state index in [1.807, 2.05) is 24.3 Å². The van der Waals surface area contributed by atoms with Crippen LogP contribution in [0.3, 0.4) is 0 Å². The van der Waals surface area contributed by atoms with Crippen molar-refractivity contribution in [3.05, 3.63) is 41.8 Å². The number of fused-ring (bicyclic) bond motifs is 1. The highest BCUT2D eigenvalue weighted by Gasteiger charge is 2.16. The lowest BCUT2D eigenvalue weighted by Crippen LogP contribution is -1.90. The minimum Gasteiger partial charge on any atom is -0.299 e. The third-order valence-electron chi connectivity index (χ3n) is 1.74. The molecule has 0 N–H and O–H groups in total. The molecule has 0 bridgehead atoms. The predicted octanol–water partition coefficient (Wildman–Crippen LogP) is 1.36. The van der Waals surface area contributed by atoms with Crippen molar-refractivity contribution in [2.24, 2.45) is 0 Å². The molecule has 1 aliphatic carbocycles. The number of benzene rings is 1. The molecule has 0 saturated heterocycles. The van der Waals surface area contributed by atoms with Gasteiger partial charge in [-0.15, -0.1) is 0 Å². The van der Waals surface area contributed by atoms with E-state index in [0.717, 1.165) is 11.1 Å². The lowest BCUT2D eigenvalue weighted by molar-refractivity contribution is -0.114. The molecule has 0 aliphatic heterocycles. The van der Waals surface area contributed by atoms with Gasteiger partial charge >= 0.3 is 0 Å². The Morgan fingerprint density at radius 3 is 2.80 bits per heavy atom. The highest BCUT2D eigenvalue weighted by molar-refractivity contribution is 5.96. The van der Waals surface area contributed by atoms with Crippen molar-refractivity contribution in [2.45, 2.75) is 6.42 Å². The molecule has 2 rings (SSSR count). The van der Waals surface area contributed by atoms with E-state index in [9.17, 15) is 4.79 Å². The van der Waals surface area contributed by atoms with Crippen LogP contribution in [0.5, 0.6) is 0 Å². The average Bonchev–Trinajstić information content (AvgIpc) is 2.27. The van der Waals surface area contributed by atoms with Crippen LogP contribution in [0.1, 0.15) is 11.1 Å². The minimum absolute atomic E-state index is 0.223. The van der Waals surface area contributed by atoms with Crippen LogP contribution in [0, 0.1) is 6.42 Å². The first kappa shape index (κ1) is 5.66. The van der Waals surface area contributed by atoms with Crippen LogP contribution in [-0.4, -0.2) is 5.78 Å². The Morgan fingerprint density at radius 1 is 1.20 bits per heavy atom. The molecule has 0 heterocycles. The molecule has 0 spiro atoms. The van der Waals surface area contributed by atoms with Crippen LogP contribution in [0.15, 0.2) is 24.3 Å². The van der Waals surface area contributed by atoms with Crippen LogP contribution in [0.4, 0.5) is 0 Å². The topological polar surface area (TPSA) is 17.1 Å². The summed E-state index contributed by atoms with van der Waals surface area (Å²) in [6.07, 6.45) is 2.30. The van der Waals surface area contributed by atoms with Gasteiger partial charge in [-0.3, -0.25) is 4.79 Å². The maximum Gasteiger partial charge on any atom is 0.145 e. The standard InChI is InChI=1S/C9H7O/c10-9-5-7-3-1-2-4-8(7)6-9/h1-5H,6H2. The Bertz CT molecular complexity index is 249. The summed E-state index contributed by atoms with van der Waals surface area (Å²) < 4.78 is 0. The zero-order valence-corrected chi connectivity index (χ0v) is 5.50. The molecule has 49 valence electrons. The molecular formula is C9H7O. The Kier molecular flexibility index (Phi) is 1.10. The molecule has 1 heteroatoms. The second-order valence-corrected chi connectivity index (χ2v) is 2.49. The summed E-state index contributed by atoms with van der Waals surface area (Å²) in [7, 11) is 0. The number of carbonyl (C=O) groups excluding carboxylic acids is 1. The summed E-state index contributed by atoms with van der Waals surface area (Å²) in [6.45, 7) is 0.